The number of carbonyl (C=O) groups is 2. The SMILES string of the molecule is Nc1cc(NC2CC2)n2ncc(C=O)c2n1.O=C(Nc1cc(=NC2CC2)n2ncc(=Cc3[nH]c(=O)[nH]c3O)c2n1)c1ccccc1F. The second kappa shape index (κ2) is 11.8. The molecular weight excluding hydrogens is 611 g/mol. The molecule has 0 saturated heterocycles. The number of imidazole rings is 1. The van der Waals surface area contributed by atoms with Gasteiger partial charge in [0.2, 0.25) is 5.88 Å². The van der Waals surface area contributed by atoms with E-state index in [-0.39, 0.29) is 29.0 Å². The van der Waals surface area contributed by atoms with Gasteiger partial charge in [-0.15, -0.1) is 0 Å². The number of rotatable bonds is 7. The molecule has 2 fully saturated rings. The van der Waals surface area contributed by atoms with Crippen LogP contribution >= 0.6 is 0 Å². The van der Waals surface area contributed by atoms with Gasteiger partial charge in [0.1, 0.15) is 29.0 Å². The Hall–Kier alpha value is -6.39. The Morgan fingerprint density at radius 2 is 1.85 bits per heavy atom. The molecule has 8 rings (SSSR count). The number of aromatic hydroxyl groups is 1. The van der Waals surface area contributed by atoms with Crippen LogP contribution < -0.4 is 32.8 Å². The first-order valence-corrected chi connectivity index (χ1v) is 14.6. The van der Waals surface area contributed by atoms with E-state index in [4.69, 9.17) is 5.73 Å². The van der Waals surface area contributed by atoms with Crippen molar-refractivity contribution < 1.29 is 19.1 Å². The highest BCUT2D eigenvalue weighted by atomic mass is 19.1. The molecule has 5 aromatic heterocycles. The molecule has 2 saturated carbocycles. The van der Waals surface area contributed by atoms with Gasteiger partial charge in [0.05, 0.1) is 29.6 Å². The Balaban J connectivity index is 0.000000183. The molecule has 16 nitrogen and oxygen atoms in total. The minimum atomic E-state index is -0.648. The summed E-state index contributed by atoms with van der Waals surface area (Å²) in [4.78, 5) is 52.6. The fraction of sp³-hybridized carbons (Fsp3) is 0.200. The smallest absolute Gasteiger partial charge is 0.326 e. The largest absolute Gasteiger partial charge is 0.493 e. The number of aldehydes is 1. The maximum absolute atomic E-state index is 14.0. The van der Waals surface area contributed by atoms with Crippen molar-refractivity contribution in [3.63, 3.8) is 0 Å². The van der Waals surface area contributed by atoms with E-state index < -0.39 is 17.4 Å². The van der Waals surface area contributed by atoms with Crippen molar-refractivity contribution in [3.05, 3.63) is 92.6 Å². The van der Waals surface area contributed by atoms with Crippen molar-refractivity contribution in [2.45, 2.75) is 37.8 Å². The molecule has 0 aliphatic heterocycles. The number of aromatic amines is 2. The summed E-state index contributed by atoms with van der Waals surface area (Å²) in [5.74, 6) is -0.269. The van der Waals surface area contributed by atoms with Gasteiger partial charge in [0, 0.05) is 23.4 Å². The van der Waals surface area contributed by atoms with Crippen molar-refractivity contribution in [3.8, 4) is 5.88 Å². The third kappa shape index (κ3) is 6.26. The average molecular weight is 639 g/mol. The highest BCUT2D eigenvalue weighted by Crippen LogP contribution is 2.26. The predicted molar refractivity (Wildman–Crippen MR) is 167 cm³/mol. The number of halogens is 1. The minimum absolute atomic E-state index is 0.111. The number of hydrogen-bond donors (Lipinski definition) is 6. The lowest BCUT2D eigenvalue weighted by molar-refractivity contribution is 0.102. The summed E-state index contributed by atoms with van der Waals surface area (Å²) in [6.07, 6.45) is 9.45. The van der Waals surface area contributed by atoms with Crippen LogP contribution in [0.15, 0.2) is 58.6 Å². The van der Waals surface area contributed by atoms with Crippen molar-refractivity contribution in [1.29, 1.82) is 0 Å². The van der Waals surface area contributed by atoms with Gasteiger partial charge < -0.3 is 26.5 Å². The third-order valence-electron chi connectivity index (χ3n) is 7.31. The van der Waals surface area contributed by atoms with E-state index in [2.05, 4.69) is 45.8 Å². The van der Waals surface area contributed by atoms with Gasteiger partial charge in [-0.2, -0.15) is 19.2 Å². The van der Waals surface area contributed by atoms with Crippen LogP contribution in [0, 0.1) is 5.82 Å². The number of benzene rings is 1. The van der Waals surface area contributed by atoms with Gasteiger partial charge in [-0.3, -0.25) is 19.6 Å². The maximum atomic E-state index is 14.0. The van der Waals surface area contributed by atoms with E-state index in [0.717, 1.165) is 37.8 Å². The lowest BCUT2D eigenvalue weighted by Gasteiger charge is -2.07. The van der Waals surface area contributed by atoms with Crippen molar-refractivity contribution >= 4 is 47.0 Å². The molecule has 5 heterocycles. The second-order valence-electron chi connectivity index (χ2n) is 11.1. The summed E-state index contributed by atoms with van der Waals surface area (Å²) in [6.45, 7) is 0. The van der Waals surface area contributed by atoms with Gasteiger partial charge >= 0.3 is 5.69 Å². The van der Waals surface area contributed by atoms with E-state index >= 15 is 0 Å². The van der Waals surface area contributed by atoms with E-state index in [0.29, 0.717) is 39.4 Å². The zero-order valence-electron chi connectivity index (χ0n) is 24.5. The highest BCUT2D eigenvalue weighted by Gasteiger charge is 2.23. The van der Waals surface area contributed by atoms with Crippen LogP contribution in [0.3, 0.4) is 0 Å². The molecule has 1 aromatic carbocycles. The van der Waals surface area contributed by atoms with Gasteiger partial charge in [-0.05, 0) is 43.9 Å². The second-order valence-corrected chi connectivity index (χ2v) is 11.1. The summed E-state index contributed by atoms with van der Waals surface area (Å²) in [7, 11) is 0. The monoisotopic (exact) mass is 638 g/mol. The summed E-state index contributed by atoms with van der Waals surface area (Å²) in [5.41, 5.74) is 6.94. The highest BCUT2D eigenvalue weighted by molar-refractivity contribution is 6.04. The first-order chi connectivity index (χ1) is 22.7. The molecule has 47 heavy (non-hydrogen) atoms. The number of nitrogens with one attached hydrogen (secondary N) is 4. The molecule has 0 spiro atoms. The van der Waals surface area contributed by atoms with Crippen LogP contribution in [0.5, 0.6) is 5.88 Å². The van der Waals surface area contributed by atoms with E-state index in [1.54, 1.807) is 22.7 Å². The summed E-state index contributed by atoms with van der Waals surface area (Å²) in [5, 5.41) is 24.6. The number of nitrogens with two attached hydrogens (primary N) is 1. The Bertz CT molecular complexity index is 2350. The van der Waals surface area contributed by atoms with Crippen LogP contribution in [-0.2, 0) is 0 Å². The molecule has 1 amide bonds. The quantitative estimate of drug-likeness (QED) is 0.137. The normalized spacial score (nSPS) is 15.1. The van der Waals surface area contributed by atoms with Gasteiger partial charge in [-0.1, -0.05) is 12.1 Å². The first-order valence-electron chi connectivity index (χ1n) is 14.6. The van der Waals surface area contributed by atoms with Crippen LogP contribution in [0.4, 0.5) is 21.8 Å². The minimum Gasteiger partial charge on any atom is -0.493 e. The summed E-state index contributed by atoms with van der Waals surface area (Å²) < 4.78 is 17.1. The number of aromatic nitrogens is 8. The standard InChI is InChI=1S/C20H16FN7O3.C10H11N5O/c21-13-4-2-1-3-12(13)18(29)26-15-8-16(23-11-5-6-11)28-17(25-15)10(9-22-28)7-14-19(30)27-20(31)24-14;11-8-3-9(13-7-1-2-7)15-10(14-8)6(5-16)4-12-15/h1-4,7-9,11,30H,5-6H2,(H,26,29)(H2,24,27,31);3-5,7,13H,1-2H2,(H2,11,14). The molecule has 7 N–H and O–H groups in total. The summed E-state index contributed by atoms with van der Waals surface area (Å²) in [6, 6.07) is 9.60. The maximum Gasteiger partial charge on any atom is 0.326 e. The number of hydrogen-bond acceptors (Lipinski definition) is 11. The number of carbonyl (C=O) groups excluding carboxylic acids is 2. The van der Waals surface area contributed by atoms with E-state index in [9.17, 15) is 23.9 Å². The Kier molecular flexibility index (Phi) is 7.39. The van der Waals surface area contributed by atoms with Crippen molar-refractivity contribution in [1.82, 2.24) is 39.2 Å². The van der Waals surface area contributed by atoms with Crippen molar-refractivity contribution in [2.24, 2.45) is 4.99 Å². The molecule has 0 unspecified atom stereocenters. The zero-order chi connectivity index (χ0) is 32.7. The number of fused-ring (bicyclic) bond motifs is 2. The first kappa shape index (κ1) is 29.3. The zero-order valence-corrected chi connectivity index (χ0v) is 24.5. The van der Waals surface area contributed by atoms with Crippen LogP contribution in [0.1, 0.15) is 52.1 Å². The van der Waals surface area contributed by atoms with E-state index in [1.165, 1.54) is 41.2 Å². The Morgan fingerprint density at radius 3 is 2.55 bits per heavy atom. The molecule has 17 heteroatoms. The average Bonchev–Trinajstić information content (AvgIpc) is 3.93. The molecule has 0 atom stereocenters. The number of amides is 1. The fourth-order valence-corrected chi connectivity index (χ4v) is 4.71. The van der Waals surface area contributed by atoms with Crippen molar-refractivity contribution in [2.75, 3.05) is 16.4 Å². The van der Waals surface area contributed by atoms with E-state index in [1.807, 2.05) is 0 Å². The number of nitrogens with zero attached hydrogens (tertiary/aromatic N) is 7. The van der Waals surface area contributed by atoms with Gasteiger partial charge in [0.25, 0.3) is 5.91 Å². The predicted octanol–water partition coefficient (Wildman–Crippen LogP) is 1.15. The topological polar surface area (TPSA) is 226 Å². The lowest BCUT2D eigenvalue weighted by Crippen LogP contribution is -2.22. The molecule has 2 aliphatic rings. The van der Waals surface area contributed by atoms with Gasteiger partial charge in [-0.25, -0.2) is 19.2 Å². The Morgan fingerprint density at radius 1 is 1.06 bits per heavy atom. The molecule has 238 valence electrons. The lowest BCUT2D eigenvalue weighted by atomic mass is 10.2. The molecule has 0 radical (unpaired) electrons. The summed E-state index contributed by atoms with van der Waals surface area (Å²) >= 11 is 0. The number of anilines is 3. The van der Waals surface area contributed by atoms with Crippen LogP contribution in [0.25, 0.3) is 17.4 Å². The molecular formula is C30H27FN12O4. The van der Waals surface area contributed by atoms with Gasteiger partial charge in [0.15, 0.2) is 23.1 Å². The molecule has 6 aromatic rings. The number of H-pyrrole nitrogens is 2. The number of nitrogen functional groups attached to an aromatic ring is 1. The molecule has 0 bridgehead atoms. The third-order valence-corrected chi connectivity index (χ3v) is 7.31. The van der Waals surface area contributed by atoms with Crippen LogP contribution in [0.2, 0.25) is 0 Å². The van der Waals surface area contributed by atoms with Crippen LogP contribution in [-0.4, -0.2) is 68.5 Å². The Labute approximate surface area is 262 Å². The fourth-order valence-electron chi connectivity index (χ4n) is 4.71. The molecule has 2 aliphatic carbocycles.